The fourth-order valence-electron chi connectivity index (χ4n) is 3.66. The maximum Gasteiger partial charge on any atom is 0.268 e. The molecule has 0 amide bonds. The second-order valence-corrected chi connectivity index (χ2v) is 7.69. The third-order valence-corrected chi connectivity index (χ3v) is 6.07. The van der Waals surface area contributed by atoms with Crippen molar-refractivity contribution in [3.05, 3.63) is 21.0 Å². The van der Waals surface area contributed by atoms with Gasteiger partial charge in [0.15, 0.2) is 5.65 Å². The van der Waals surface area contributed by atoms with Crippen molar-refractivity contribution < 1.29 is 0 Å². The predicted octanol–water partition coefficient (Wildman–Crippen LogP) is 3.61. The van der Waals surface area contributed by atoms with Gasteiger partial charge in [-0.2, -0.15) is 4.98 Å². The topological polar surface area (TPSA) is 85.8 Å². The molecular formula is C17H22BrN5O. The van der Waals surface area contributed by atoms with Crippen molar-refractivity contribution in [2.45, 2.75) is 63.5 Å². The predicted molar refractivity (Wildman–Crippen MR) is 99.3 cm³/mol. The number of nitrogens with one attached hydrogen (secondary N) is 1. The first-order valence-electron chi connectivity index (χ1n) is 8.78. The van der Waals surface area contributed by atoms with Crippen LogP contribution in [0.15, 0.2) is 15.5 Å². The number of hydrogen-bond donors (Lipinski definition) is 2. The van der Waals surface area contributed by atoms with Crippen molar-refractivity contribution in [1.29, 1.82) is 0 Å². The Hall–Kier alpha value is -1.63. The van der Waals surface area contributed by atoms with Gasteiger partial charge in [-0.25, -0.2) is 4.98 Å². The zero-order chi connectivity index (χ0) is 16.7. The number of rotatable bonds is 3. The highest BCUT2D eigenvalue weighted by atomic mass is 79.9. The molecule has 0 saturated heterocycles. The lowest BCUT2D eigenvalue weighted by Gasteiger charge is -2.29. The molecule has 0 aromatic carbocycles. The third-order valence-electron chi connectivity index (χ3n) is 5.31. The maximum atomic E-state index is 12.7. The highest BCUT2D eigenvalue weighted by molar-refractivity contribution is 9.10. The second-order valence-electron chi connectivity index (χ2n) is 6.90. The first-order valence-corrected chi connectivity index (χ1v) is 9.57. The van der Waals surface area contributed by atoms with Crippen LogP contribution in [-0.4, -0.2) is 20.6 Å². The van der Waals surface area contributed by atoms with Gasteiger partial charge in [0, 0.05) is 18.3 Å². The number of aromatic nitrogens is 3. The summed E-state index contributed by atoms with van der Waals surface area (Å²) in [6, 6.07) is 0.641. The number of hydrogen-bond acceptors (Lipinski definition) is 5. The highest BCUT2D eigenvalue weighted by Gasteiger charge is 2.26. The quantitative estimate of drug-likeness (QED) is 0.834. The summed E-state index contributed by atoms with van der Waals surface area (Å²) in [5, 5.41) is 4.18. The number of fused-ring (bicyclic) bond motifs is 1. The van der Waals surface area contributed by atoms with Gasteiger partial charge >= 0.3 is 0 Å². The molecule has 128 valence electrons. The van der Waals surface area contributed by atoms with Crippen molar-refractivity contribution in [3.63, 3.8) is 0 Å². The largest absolute Gasteiger partial charge is 0.397 e. The minimum Gasteiger partial charge on any atom is -0.397 e. The van der Waals surface area contributed by atoms with E-state index in [1.54, 1.807) is 10.8 Å². The standard InChI is InChI=1S/C17H22BrN5O/c18-13-14(19)12-9-20-17(21-10-5-2-1-3-6-10)22-15(12)23(16(13)24)11-7-4-8-11/h9-11H,1-8,19H2,(H,20,21,22). The van der Waals surface area contributed by atoms with Crippen LogP contribution in [-0.2, 0) is 0 Å². The third kappa shape index (κ3) is 2.68. The van der Waals surface area contributed by atoms with Crippen LogP contribution in [0, 0.1) is 0 Å². The fourth-order valence-corrected chi connectivity index (χ4v) is 4.07. The van der Waals surface area contributed by atoms with E-state index in [1.165, 1.54) is 19.3 Å². The van der Waals surface area contributed by atoms with E-state index in [1.807, 2.05) is 0 Å². The molecule has 0 atom stereocenters. The lowest BCUT2D eigenvalue weighted by Crippen LogP contribution is -2.31. The van der Waals surface area contributed by atoms with E-state index in [0.717, 1.165) is 37.5 Å². The summed E-state index contributed by atoms with van der Waals surface area (Å²) in [7, 11) is 0. The van der Waals surface area contributed by atoms with Gasteiger partial charge in [-0.15, -0.1) is 0 Å². The summed E-state index contributed by atoms with van der Waals surface area (Å²) in [4.78, 5) is 21.8. The molecule has 24 heavy (non-hydrogen) atoms. The minimum absolute atomic E-state index is 0.0907. The normalized spacial score (nSPS) is 19.4. The number of nitrogens with two attached hydrogens (primary N) is 1. The molecule has 0 bridgehead atoms. The van der Waals surface area contributed by atoms with Crippen molar-refractivity contribution in [3.8, 4) is 0 Å². The van der Waals surface area contributed by atoms with Gasteiger partial charge in [-0.05, 0) is 48.0 Å². The minimum atomic E-state index is -0.0907. The Bertz CT molecular complexity index is 824. The SMILES string of the molecule is Nc1c(Br)c(=O)n(C2CCC2)c2nc(NC3CCCCC3)ncc12. The Labute approximate surface area is 149 Å². The highest BCUT2D eigenvalue weighted by Crippen LogP contribution is 2.35. The van der Waals surface area contributed by atoms with E-state index in [-0.39, 0.29) is 11.6 Å². The van der Waals surface area contributed by atoms with Crippen LogP contribution in [0.5, 0.6) is 0 Å². The van der Waals surface area contributed by atoms with E-state index in [2.05, 4.69) is 31.2 Å². The Kier molecular flexibility index (Phi) is 4.20. The van der Waals surface area contributed by atoms with Crippen molar-refractivity contribution >= 4 is 38.6 Å². The molecular weight excluding hydrogens is 370 g/mol. The van der Waals surface area contributed by atoms with Crippen LogP contribution in [0.4, 0.5) is 11.6 Å². The molecule has 2 aromatic heterocycles. The van der Waals surface area contributed by atoms with E-state index in [0.29, 0.717) is 27.8 Å². The van der Waals surface area contributed by atoms with Crippen molar-refractivity contribution in [1.82, 2.24) is 14.5 Å². The summed E-state index contributed by atoms with van der Waals surface area (Å²) < 4.78 is 2.21. The summed E-state index contributed by atoms with van der Waals surface area (Å²) >= 11 is 3.34. The number of nitrogens with zero attached hydrogens (tertiary/aromatic N) is 3. The van der Waals surface area contributed by atoms with Gasteiger partial charge < -0.3 is 11.1 Å². The molecule has 2 aliphatic carbocycles. The first kappa shape index (κ1) is 15.9. The molecule has 2 aliphatic rings. The fraction of sp³-hybridized carbons (Fsp3) is 0.588. The molecule has 4 rings (SSSR count). The van der Waals surface area contributed by atoms with Gasteiger partial charge in [-0.3, -0.25) is 9.36 Å². The molecule has 2 aromatic rings. The lowest BCUT2D eigenvalue weighted by atomic mass is 9.92. The molecule has 2 heterocycles. The maximum absolute atomic E-state index is 12.7. The zero-order valence-electron chi connectivity index (χ0n) is 13.6. The Morgan fingerprint density at radius 3 is 2.58 bits per heavy atom. The van der Waals surface area contributed by atoms with E-state index in [4.69, 9.17) is 5.73 Å². The molecule has 2 saturated carbocycles. The summed E-state index contributed by atoms with van der Waals surface area (Å²) in [6.07, 6.45) is 11.0. The smallest absolute Gasteiger partial charge is 0.268 e. The lowest BCUT2D eigenvalue weighted by molar-refractivity contribution is 0.313. The Balaban J connectivity index is 1.79. The zero-order valence-corrected chi connectivity index (χ0v) is 15.2. The molecule has 3 N–H and O–H groups in total. The molecule has 0 unspecified atom stereocenters. The van der Waals surface area contributed by atoms with Gasteiger partial charge in [0.05, 0.1) is 11.1 Å². The van der Waals surface area contributed by atoms with Gasteiger partial charge in [-0.1, -0.05) is 19.3 Å². The monoisotopic (exact) mass is 391 g/mol. The number of halogens is 1. The molecule has 7 heteroatoms. The van der Waals surface area contributed by atoms with Crippen LogP contribution in [0.25, 0.3) is 11.0 Å². The first-order chi connectivity index (χ1) is 11.6. The summed E-state index contributed by atoms with van der Waals surface area (Å²) in [6.45, 7) is 0. The van der Waals surface area contributed by atoms with Gasteiger partial charge in [0.25, 0.3) is 5.56 Å². The number of anilines is 2. The molecule has 0 radical (unpaired) electrons. The van der Waals surface area contributed by atoms with Gasteiger partial charge in [0.2, 0.25) is 5.95 Å². The Morgan fingerprint density at radius 2 is 1.92 bits per heavy atom. The average molecular weight is 392 g/mol. The average Bonchev–Trinajstić information content (AvgIpc) is 2.56. The van der Waals surface area contributed by atoms with Crippen molar-refractivity contribution in [2.75, 3.05) is 11.1 Å². The molecule has 2 fully saturated rings. The van der Waals surface area contributed by atoms with Crippen LogP contribution in [0.1, 0.15) is 57.4 Å². The Morgan fingerprint density at radius 1 is 1.17 bits per heavy atom. The number of pyridine rings is 1. The second kappa shape index (κ2) is 6.35. The molecule has 0 spiro atoms. The van der Waals surface area contributed by atoms with Crippen LogP contribution in [0.3, 0.4) is 0 Å². The van der Waals surface area contributed by atoms with E-state index >= 15 is 0 Å². The number of nitrogen functional groups attached to an aromatic ring is 1. The molecule has 6 nitrogen and oxygen atoms in total. The van der Waals surface area contributed by atoms with Crippen LogP contribution >= 0.6 is 15.9 Å². The van der Waals surface area contributed by atoms with Crippen LogP contribution in [0.2, 0.25) is 0 Å². The van der Waals surface area contributed by atoms with Gasteiger partial charge in [0.1, 0.15) is 4.47 Å². The summed E-state index contributed by atoms with van der Waals surface area (Å²) in [5.74, 6) is 0.601. The van der Waals surface area contributed by atoms with E-state index in [9.17, 15) is 4.79 Å². The molecule has 0 aliphatic heterocycles. The summed E-state index contributed by atoms with van der Waals surface area (Å²) in [5.41, 5.74) is 7.11. The van der Waals surface area contributed by atoms with Crippen LogP contribution < -0.4 is 16.6 Å². The van der Waals surface area contributed by atoms with Crippen molar-refractivity contribution in [2.24, 2.45) is 0 Å². The van der Waals surface area contributed by atoms with E-state index < -0.39 is 0 Å².